The molecule has 1 fully saturated rings. The number of benzene rings is 1. The Labute approximate surface area is 132 Å². The van der Waals surface area contributed by atoms with Crippen molar-refractivity contribution in [2.24, 2.45) is 0 Å². The molecule has 0 aromatic heterocycles. The molecule has 0 amide bonds. The molecule has 1 aliphatic carbocycles. The van der Waals surface area contributed by atoms with Crippen molar-refractivity contribution in [1.29, 1.82) is 0 Å². The number of Topliss-reactive ketones (excluding diaryl/α,β-unsaturated/α-hetero) is 1. The number of aliphatic hydroxyl groups excluding tert-OH is 1. The van der Waals surface area contributed by atoms with E-state index in [1.54, 1.807) is 24.3 Å². The molecule has 0 heterocycles. The largest absolute Gasteiger partial charge is 0.491 e. The van der Waals surface area contributed by atoms with Crippen LogP contribution in [0.3, 0.4) is 0 Å². The van der Waals surface area contributed by atoms with Crippen molar-refractivity contribution >= 4 is 5.78 Å². The Hall–Kier alpha value is -1.39. The third-order valence-corrected chi connectivity index (χ3v) is 4.19. The minimum Gasteiger partial charge on any atom is -0.491 e. The van der Waals surface area contributed by atoms with Crippen molar-refractivity contribution in [1.82, 2.24) is 5.32 Å². The minimum absolute atomic E-state index is 0.128. The van der Waals surface area contributed by atoms with E-state index >= 15 is 0 Å². The number of carbonyl (C=O) groups excluding carboxylic acids is 1. The Morgan fingerprint density at radius 1 is 1.27 bits per heavy atom. The molecule has 0 bridgehead atoms. The number of carbonyl (C=O) groups is 1. The monoisotopic (exact) mass is 305 g/mol. The van der Waals surface area contributed by atoms with Crippen LogP contribution >= 0.6 is 0 Å². The van der Waals surface area contributed by atoms with Gasteiger partial charge in [-0.05, 0) is 37.1 Å². The molecule has 22 heavy (non-hydrogen) atoms. The van der Waals surface area contributed by atoms with E-state index in [0.717, 1.165) is 0 Å². The van der Waals surface area contributed by atoms with E-state index < -0.39 is 6.10 Å². The zero-order chi connectivity index (χ0) is 15.8. The fraction of sp³-hybridized carbons (Fsp3) is 0.611. The van der Waals surface area contributed by atoms with Gasteiger partial charge in [0.15, 0.2) is 5.78 Å². The Morgan fingerprint density at radius 3 is 2.59 bits per heavy atom. The first-order valence-corrected chi connectivity index (χ1v) is 8.36. The number of hydrogen-bond donors (Lipinski definition) is 2. The SMILES string of the molecule is CCC(=O)c1ccc(OC[C@H](O)CNC2CCCCC2)cc1. The highest BCUT2D eigenvalue weighted by molar-refractivity contribution is 5.95. The van der Waals surface area contributed by atoms with E-state index in [9.17, 15) is 9.90 Å². The van der Waals surface area contributed by atoms with Crippen LogP contribution in [0.2, 0.25) is 0 Å². The van der Waals surface area contributed by atoms with Gasteiger partial charge in [0.1, 0.15) is 18.5 Å². The maximum Gasteiger partial charge on any atom is 0.162 e. The second kappa shape index (κ2) is 8.91. The van der Waals surface area contributed by atoms with Gasteiger partial charge in [0, 0.05) is 24.6 Å². The number of hydrogen-bond acceptors (Lipinski definition) is 4. The summed E-state index contributed by atoms with van der Waals surface area (Å²) in [4.78, 5) is 11.5. The first-order chi connectivity index (χ1) is 10.7. The van der Waals surface area contributed by atoms with Crippen molar-refractivity contribution in [2.75, 3.05) is 13.2 Å². The van der Waals surface area contributed by atoms with Crippen LogP contribution in [0.25, 0.3) is 0 Å². The van der Waals surface area contributed by atoms with E-state index in [1.165, 1.54) is 32.1 Å². The summed E-state index contributed by atoms with van der Waals surface area (Å²) < 4.78 is 5.57. The zero-order valence-electron chi connectivity index (χ0n) is 13.4. The summed E-state index contributed by atoms with van der Waals surface area (Å²) in [6, 6.07) is 7.65. The highest BCUT2D eigenvalue weighted by Gasteiger charge is 2.14. The zero-order valence-corrected chi connectivity index (χ0v) is 13.4. The normalized spacial score (nSPS) is 17.2. The Balaban J connectivity index is 1.69. The number of ketones is 1. The molecular weight excluding hydrogens is 278 g/mol. The van der Waals surface area contributed by atoms with Crippen molar-refractivity contribution in [3.05, 3.63) is 29.8 Å². The van der Waals surface area contributed by atoms with Gasteiger partial charge in [0.05, 0.1) is 0 Å². The van der Waals surface area contributed by atoms with Crippen LogP contribution in [0.15, 0.2) is 24.3 Å². The van der Waals surface area contributed by atoms with Gasteiger partial charge < -0.3 is 15.2 Å². The highest BCUT2D eigenvalue weighted by atomic mass is 16.5. The molecule has 0 radical (unpaired) electrons. The van der Waals surface area contributed by atoms with Crippen molar-refractivity contribution < 1.29 is 14.6 Å². The molecule has 0 saturated heterocycles. The molecule has 0 aliphatic heterocycles. The Bertz CT molecular complexity index is 452. The van der Waals surface area contributed by atoms with Crippen LogP contribution < -0.4 is 10.1 Å². The van der Waals surface area contributed by atoms with Crippen LogP contribution in [0.1, 0.15) is 55.8 Å². The highest BCUT2D eigenvalue weighted by Crippen LogP contribution is 2.17. The van der Waals surface area contributed by atoms with Crippen molar-refractivity contribution in [2.45, 2.75) is 57.6 Å². The second-order valence-corrected chi connectivity index (χ2v) is 6.01. The quantitative estimate of drug-likeness (QED) is 0.725. The van der Waals surface area contributed by atoms with Gasteiger partial charge in [-0.3, -0.25) is 4.79 Å². The van der Waals surface area contributed by atoms with Crippen molar-refractivity contribution in [3.63, 3.8) is 0 Å². The summed E-state index contributed by atoms with van der Waals surface area (Å²) in [5.74, 6) is 0.813. The van der Waals surface area contributed by atoms with E-state index in [1.807, 2.05) is 6.92 Å². The summed E-state index contributed by atoms with van der Waals surface area (Å²) in [7, 11) is 0. The molecule has 1 saturated carbocycles. The molecule has 4 nitrogen and oxygen atoms in total. The maximum atomic E-state index is 11.5. The average molecular weight is 305 g/mol. The Morgan fingerprint density at radius 2 is 1.95 bits per heavy atom. The van der Waals surface area contributed by atoms with Gasteiger partial charge in [-0.1, -0.05) is 26.2 Å². The van der Waals surface area contributed by atoms with Gasteiger partial charge in [-0.15, -0.1) is 0 Å². The van der Waals surface area contributed by atoms with Crippen LogP contribution in [0.4, 0.5) is 0 Å². The van der Waals surface area contributed by atoms with E-state index in [4.69, 9.17) is 4.74 Å². The fourth-order valence-corrected chi connectivity index (χ4v) is 2.80. The lowest BCUT2D eigenvalue weighted by atomic mass is 9.95. The summed E-state index contributed by atoms with van der Waals surface area (Å²) in [6.07, 6.45) is 6.31. The molecule has 2 N–H and O–H groups in total. The summed E-state index contributed by atoms with van der Waals surface area (Å²) in [6.45, 7) is 2.68. The van der Waals surface area contributed by atoms with Gasteiger partial charge in [0.25, 0.3) is 0 Å². The van der Waals surface area contributed by atoms with Gasteiger partial charge in [-0.25, -0.2) is 0 Å². The average Bonchev–Trinajstić information content (AvgIpc) is 2.58. The minimum atomic E-state index is -0.515. The fourth-order valence-electron chi connectivity index (χ4n) is 2.80. The third-order valence-electron chi connectivity index (χ3n) is 4.19. The third kappa shape index (κ3) is 5.43. The number of ether oxygens (including phenoxy) is 1. The van der Waals surface area contributed by atoms with Gasteiger partial charge in [0.2, 0.25) is 0 Å². The van der Waals surface area contributed by atoms with E-state index in [-0.39, 0.29) is 12.4 Å². The number of aliphatic hydroxyl groups is 1. The predicted octanol–water partition coefficient (Wildman–Crippen LogP) is 2.94. The van der Waals surface area contributed by atoms with Crippen molar-refractivity contribution in [3.8, 4) is 5.75 Å². The van der Waals surface area contributed by atoms with E-state index in [0.29, 0.717) is 30.3 Å². The lowest BCUT2D eigenvalue weighted by molar-refractivity contribution is 0.0985. The molecule has 0 spiro atoms. The summed E-state index contributed by atoms with van der Waals surface area (Å²) in [5.41, 5.74) is 0.703. The molecule has 1 aromatic rings. The van der Waals surface area contributed by atoms with Crippen LogP contribution in [-0.4, -0.2) is 36.2 Å². The number of nitrogens with one attached hydrogen (secondary N) is 1. The summed E-state index contributed by atoms with van der Waals surface area (Å²) in [5, 5.41) is 13.4. The standard InChI is InChI=1S/C18H27NO3/c1-2-18(21)14-8-10-17(11-9-14)22-13-16(20)12-19-15-6-4-3-5-7-15/h8-11,15-16,19-20H,2-7,12-13H2,1H3/t16-/m1/s1. The topological polar surface area (TPSA) is 58.6 Å². The lowest BCUT2D eigenvalue weighted by Crippen LogP contribution is -2.38. The molecule has 1 aromatic carbocycles. The maximum absolute atomic E-state index is 11.5. The molecule has 2 rings (SSSR count). The first kappa shape index (κ1) is 17.0. The molecule has 4 heteroatoms. The molecule has 1 atom stereocenters. The molecule has 122 valence electrons. The second-order valence-electron chi connectivity index (χ2n) is 6.01. The first-order valence-electron chi connectivity index (χ1n) is 8.36. The van der Waals surface area contributed by atoms with Crippen LogP contribution in [-0.2, 0) is 0 Å². The van der Waals surface area contributed by atoms with Gasteiger partial charge in [-0.2, -0.15) is 0 Å². The molecular formula is C18H27NO3. The van der Waals surface area contributed by atoms with Crippen LogP contribution in [0, 0.1) is 0 Å². The molecule has 1 aliphatic rings. The van der Waals surface area contributed by atoms with Gasteiger partial charge >= 0.3 is 0 Å². The smallest absolute Gasteiger partial charge is 0.162 e. The van der Waals surface area contributed by atoms with E-state index in [2.05, 4.69) is 5.32 Å². The van der Waals surface area contributed by atoms with Crippen LogP contribution in [0.5, 0.6) is 5.75 Å². The lowest BCUT2D eigenvalue weighted by Gasteiger charge is -2.24. The Kier molecular flexibility index (Phi) is 6.87. The predicted molar refractivity (Wildman–Crippen MR) is 87.4 cm³/mol. The number of rotatable bonds is 8. The summed E-state index contributed by atoms with van der Waals surface area (Å²) >= 11 is 0. The molecule has 0 unspecified atom stereocenters.